The third-order valence-electron chi connectivity index (χ3n) is 3.13. The summed E-state index contributed by atoms with van der Waals surface area (Å²) in [6.45, 7) is 1.55. The van der Waals surface area contributed by atoms with Crippen molar-refractivity contribution < 1.29 is 18.3 Å². The Balaban J connectivity index is 2.40. The van der Waals surface area contributed by atoms with Gasteiger partial charge in [-0.25, -0.2) is 13.6 Å². The molecule has 0 bridgehead atoms. The maximum atomic E-state index is 13.8. The number of halogens is 2. The van der Waals surface area contributed by atoms with Crippen molar-refractivity contribution in [2.75, 3.05) is 7.11 Å². The van der Waals surface area contributed by atoms with Crippen LogP contribution in [0.3, 0.4) is 0 Å². The molecule has 1 aromatic carbocycles. The zero-order valence-electron chi connectivity index (χ0n) is 10.3. The number of rotatable bonds is 4. The Kier molecular flexibility index (Phi) is 3.34. The van der Waals surface area contributed by atoms with E-state index in [1.165, 1.54) is 13.2 Å². The summed E-state index contributed by atoms with van der Waals surface area (Å²) in [7, 11) is 1.25. The van der Waals surface area contributed by atoms with Crippen molar-refractivity contribution in [2.24, 2.45) is 0 Å². The van der Waals surface area contributed by atoms with Crippen LogP contribution in [0.1, 0.15) is 25.3 Å². The van der Waals surface area contributed by atoms with Crippen LogP contribution in [-0.4, -0.2) is 19.1 Å². The molecule has 1 aliphatic carbocycles. The van der Waals surface area contributed by atoms with Crippen LogP contribution in [-0.2, 0) is 15.1 Å². The van der Waals surface area contributed by atoms with E-state index in [4.69, 9.17) is 4.74 Å². The lowest BCUT2D eigenvalue weighted by Crippen LogP contribution is -2.49. The third kappa shape index (κ3) is 2.36. The molecule has 0 aliphatic heterocycles. The summed E-state index contributed by atoms with van der Waals surface area (Å²) in [6, 6.07) is 3.36. The molecule has 0 spiro atoms. The Hall–Kier alpha value is -1.49. The molecule has 0 heterocycles. The van der Waals surface area contributed by atoms with Crippen molar-refractivity contribution >= 4 is 5.97 Å². The topological polar surface area (TPSA) is 38.3 Å². The molecule has 0 aromatic heterocycles. The molecule has 1 aliphatic rings. The van der Waals surface area contributed by atoms with Crippen LogP contribution in [0.5, 0.6) is 0 Å². The summed E-state index contributed by atoms with van der Waals surface area (Å²) in [5.74, 6) is -2.01. The molecular weight excluding hydrogens is 240 g/mol. The summed E-state index contributed by atoms with van der Waals surface area (Å²) in [5, 5.41) is 3.06. The lowest BCUT2D eigenvalue weighted by molar-refractivity contribution is -0.148. The Labute approximate surface area is 104 Å². The average Bonchev–Trinajstić information content (AvgIpc) is 3.11. The molecule has 3 nitrogen and oxygen atoms in total. The Bertz CT molecular complexity index is 474. The number of carbonyl (C=O) groups excluding carboxylic acids is 1. The fourth-order valence-electron chi connectivity index (χ4n) is 1.98. The lowest BCUT2D eigenvalue weighted by Gasteiger charge is -2.29. The van der Waals surface area contributed by atoms with Gasteiger partial charge in [-0.1, -0.05) is 6.07 Å². The zero-order chi connectivity index (χ0) is 13.3. The van der Waals surface area contributed by atoms with Gasteiger partial charge in [0, 0.05) is 17.7 Å². The SMILES string of the molecule is COC(=O)C(C)(NC1CC1)c1ccc(F)cc1F. The largest absolute Gasteiger partial charge is 0.467 e. The Morgan fingerprint density at radius 1 is 1.44 bits per heavy atom. The first-order valence-electron chi connectivity index (χ1n) is 5.79. The highest BCUT2D eigenvalue weighted by molar-refractivity contribution is 5.82. The van der Waals surface area contributed by atoms with Gasteiger partial charge in [-0.3, -0.25) is 5.32 Å². The highest BCUT2D eigenvalue weighted by Crippen LogP contribution is 2.31. The van der Waals surface area contributed by atoms with Crippen LogP contribution in [0.15, 0.2) is 18.2 Å². The van der Waals surface area contributed by atoms with E-state index in [1.54, 1.807) is 6.92 Å². The first-order valence-corrected chi connectivity index (χ1v) is 5.79. The number of hydrogen-bond acceptors (Lipinski definition) is 3. The Morgan fingerprint density at radius 2 is 2.11 bits per heavy atom. The van der Waals surface area contributed by atoms with Crippen molar-refractivity contribution in [3.8, 4) is 0 Å². The maximum Gasteiger partial charge on any atom is 0.330 e. The molecule has 1 fully saturated rings. The lowest BCUT2D eigenvalue weighted by atomic mass is 9.91. The number of esters is 1. The van der Waals surface area contributed by atoms with Crippen LogP contribution in [0.4, 0.5) is 8.78 Å². The first kappa shape index (κ1) is 13.0. The predicted octanol–water partition coefficient (Wildman–Crippen LogP) is 2.10. The molecule has 98 valence electrons. The average molecular weight is 255 g/mol. The van der Waals surface area contributed by atoms with Crippen molar-refractivity contribution in [1.29, 1.82) is 0 Å². The van der Waals surface area contributed by atoms with Gasteiger partial charge >= 0.3 is 5.97 Å². The van der Waals surface area contributed by atoms with E-state index in [2.05, 4.69) is 5.32 Å². The monoisotopic (exact) mass is 255 g/mol. The van der Waals surface area contributed by atoms with Crippen molar-refractivity contribution in [3.63, 3.8) is 0 Å². The number of nitrogens with one attached hydrogen (secondary N) is 1. The van der Waals surface area contributed by atoms with Gasteiger partial charge in [-0.15, -0.1) is 0 Å². The van der Waals surface area contributed by atoms with E-state index < -0.39 is 23.1 Å². The van der Waals surface area contributed by atoms with Crippen LogP contribution < -0.4 is 5.32 Å². The number of carbonyl (C=O) groups is 1. The smallest absolute Gasteiger partial charge is 0.330 e. The second-order valence-electron chi connectivity index (χ2n) is 4.66. The number of methoxy groups -OCH3 is 1. The van der Waals surface area contributed by atoms with Crippen molar-refractivity contribution in [3.05, 3.63) is 35.4 Å². The molecule has 1 saturated carbocycles. The molecule has 0 saturated heterocycles. The highest BCUT2D eigenvalue weighted by atomic mass is 19.1. The van der Waals surface area contributed by atoms with E-state index in [0.29, 0.717) is 0 Å². The van der Waals surface area contributed by atoms with Gasteiger partial charge in [-0.2, -0.15) is 0 Å². The van der Waals surface area contributed by atoms with E-state index in [-0.39, 0.29) is 11.6 Å². The van der Waals surface area contributed by atoms with Crippen LogP contribution in [0.25, 0.3) is 0 Å². The van der Waals surface area contributed by atoms with E-state index in [9.17, 15) is 13.6 Å². The third-order valence-corrected chi connectivity index (χ3v) is 3.13. The standard InChI is InChI=1S/C13H15F2NO2/c1-13(12(17)18-2,16-9-4-5-9)10-6-3-8(14)7-11(10)15/h3,6-7,9,16H,4-5H2,1-2H3. The molecular formula is C13H15F2NO2. The summed E-state index contributed by atoms with van der Waals surface area (Å²) in [4.78, 5) is 11.9. The van der Waals surface area contributed by atoms with Crippen molar-refractivity contribution in [1.82, 2.24) is 5.32 Å². The number of ether oxygens (including phenoxy) is 1. The summed E-state index contributed by atoms with van der Waals surface area (Å²) >= 11 is 0. The molecule has 0 radical (unpaired) electrons. The van der Waals surface area contributed by atoms with Crippen LogP contribution in [0.2, 0.25) is 0 Å². The van der Waals surface area contributed by atoms with Crippen LogP contribution in [0, 0.1) is 11.6 Å². The van der Waals surface area contributed by atoms with E-state index in [1.807, 2.05) is 0 Å². The molecule has 0 amide bonds. The summed E-state index contributed by atoms with van der Waals surface area (Å²) < 4.78 is 31.5. The maximum absolute atomic E-state index is 13.8. The number of hydrogen-bond donors (Lipinski definition) is 1. The minimum absolute atomic E-state index is 0.0997. The van der Waals surface area contributed by atoms with Gasteiger partial charge < -0.3 is 4.74 Å². The van der Waals surface area contributed by atoms with E-state index >= 15 is 0 Å². The molecule has 5 heteroatoms. The second kappa shape index (κ2) is 4.65. The summed E-state index contributed by atoms with van der Waals surface area (Å²) in [6.07, 6.45) is 1.88. The second-order valence-corrected chi connectivity index (χ2v) is 4.66. The minimum Gasteiger partial charge on any atom is -0.467 e. The van der Waals surface area contributed by atoms with Gasteiger partial charge in [0.15, 0.2) is 0 Å². The molecule has 1 unspecified atom stereocenters. The normalized spacial score (nSPS) is 18.2. The van der Waals surface area contributed by atoms with Gasteiger partial charge in [0.05, 0.1) is 7.11 Å². The fraction of sp³-hybridized carbons (Fsp3) is 0.462. The molecule has 1 N–H and O–H groups in total. The van der Waals surface area contributed by atoms with Crippen molar-refractivity contribution in [2.45, 2.75) is 31.3 Å². The van der Waals surface area contributed by atoms with Gasteiger partial charge in [-0.05, 0) is 25.8 Å². The van der Waals surface area contributed by atoms with Crippen LogP contribution >= 0.6 is 0 Å². The molecule has 1 aromatic rings. The van der Waals surface area contributed by atoms with Gasteiger partial charge in [0.1, 0.15) is 17.2 Å². The highest BCUT2D eigenvalue weighted by Gasteiger charge is 2.42. The molecule has 2 rings (SSSR count). The fourth-order valence-corrected chi connectivity index (χ4v) is 1.98. The van der Waals surface area contributed by atoms with E-state index in [0.717, 1.165) is 25.0 Å². The predicted molar refractivity (Wildman–Crippen MR) is 61.9 cm³/mol. The first-order chi connectivity index (χ1) is 8.47. The van der Waals surface area contributed by atoms with Gasteiger partial charge in [0.2, 0.25) is 0 Å². The minimum atomic E-state index is -1.28. The molecule has 1 atom stereocenters. The number of benzene rings is 1. The summed E-state index contributed by atoms with van der Waals surface area (Å²) in [5.41, 5.74) is -1.18. The Morgan fingerprint density at radius 3 is 2.61 bits per heavy atom. The quantitative estimate of drug-likeness (QED) is 0.837. The van der Waals surface area contributed by atoms with Gasteiger partial charge in [0.25, 0.3) is 0 Å². The zero-order valence-corrected chi connectivity index (χ0v) is 10.3. The molecule has 18 heavy (non-hydrogen) atoms.